The zero-order valence-electron chi connectivity index (χ0n) is 14.6. The largest absolute Gasteiger partial charge is 0.545 e. The van der Waals surface area contributed by atoms with Gasteiger partial charge in [-0.2, -0.15) is 0 Å². The number of anilines is 1. The number of hydrogen-bond acceptors (Lipinski definition) is 6. The van der Waals surface area contributed by atoms with Crippen molar-refractivity contribution in [1.29, 1.82) is 0 Å². The van der Waals surface area contributed by atoms with E-state index in [1.807, 2.05) is 0 Å². The van der Waals surface area contributed by atoms with Gasteiger partial charge >= 0.3 is 0 Å². The highest BCUT2D eigenvalue weighted by Crippen LogP contribution is 2.37. The number of aromatic carboxylic acids is 1. The normalized spacial score (nSPS) is 15.3. The molecule has 1 saturated heterocycles. The predicted molar refractivity (Wildman–Crippen MR) is 116 cm³/mol. The summed E-state index contributed by atoms with van der Waals surface area (Å²) in [6, 6.07) is 16.6. The summed E-state index contributed by atoms with van der Waals surface area (Å²) in [4.78, 5) is 25.7. The molecule has 2 aromatic carbocycles. The molecule has 1 aliphatic heterocycles. The number of thiocarbonyl (C=S) groups is 1. The average Bonchev–Trinajstić information content (AvgIpc) is 3.26. The van der Waals surface area contributed by atoms with Gasteiger partial charge < -0.3 is 14.3 Å². The quantitative estimate of drug-likeness (QED) is 0.443. The van der Waals surface area contributed by atoms with E-state index in [1.54, 1.807) is 54.6 Å². The Morgan fingerprint density at radius 2 is 1.93 bits per heavy atom. The number of nitrogens with zero attached hydrogens (tertiary/aromatic N) is 1. The van der Waals surface area contributed by atoms with Gasteiger partial charge in [0.15, 0.2) is 4.32 Å². The van der Waals surface area contributed by atoms with Crippen molar-refractivity contribution in [2.45, 2.75) is 0 Å². The highest BCUT2D eigenvalue weighted by molar-refractivity contribution is 8.27. The van der Waals surface area contributed by atoms with Gasteiger partial charge in [0.1, 0.15) is 11.5 Å². The first-order valence-electron chi connectivity index (χ1n) is 8.37. The van der Waals surface area contributed by atoms with Crippen molar-refractivity contribution in [2.24, 2.45) is 0 Å². The van der Waals surface area contributed by atoms with Crippen molar-refractivity contribution in [3.8, 4) is 11.3 Å². The maximum absolute atomic E-state index is 12.8. The minimum absolute atomic E-state index is 0.0582. The van der Waals surface area contributed by atoms with Gasteiger partial charge in [0.25, 0.3) is 5.91 Å². The molecule has 144 valence electrons. The van der Waals surface area contributed by atoms with Gasteiger partial charge in [0.05, 0.1) is 16.6 Å². The molecule has 1 aliphatic rings. The molecule has 1 amide bonds. The average molecular weight is 441 g/mol. The number of thioether (sulfide) groups is 1. The second kappa shape index (κ2) is 7.87. The maximum atomic E-state index is 12.8. The number of carbonyl (C=O) groups excluding carboxylic acids is 2. The van der Waals surface area contributed by atoms with E-state index in [2.05, 4.69) is 0 Å². The molecular formula is C21H11ClNO4S2-. The van der Waals surface area contributed by atoms with Crippen LogP contribution < -0.4 is 10.0 Å². The fraction of sp³-hybridized carbons (Fsp3) is 0. The highest BCUT2D eigenvalue weighted by atomic mass is 35.5. The van der Waals surface area contributed by atoms with Crippen LogP contribution in [0.15, 0.2) is 70.0 Å². The van der Waals surface area contributed by atoms with Crippen molar-refractivity contribution >= 4 is 63.5 Å². The van der Waals surface area contributed by atoms with E-state index in [0.717, 1.165) is 0 Å². The third-order valence-corrected chi connectivity index (χ3v) is 5.68. The Hall–Kier alpha value is -2.87. The molecule has 8 heteroatoms. The third kappa shape index (κ3) is 3.98. The van der Waals surface area contributed by atoms with E-state index in [4.69, 9.17) is 28.2 Å². The SMILES string of the molecule is O=C([O-])c1cccc(-c2ccc(/C=C3/SC(=S)N(c4cccc(Cl)c4)C3=O)o2)c1. The monoisotopic (exact) mass is 440 g/mol. The third-order valence-electron chi connectivity index (χ3n) is 4.14. The smallest absolute Gasteiger partial charge is 0.270 e. The summed E-state index contributed by atoms with van der Waals surface area (Å²) in [7, 11) is 0. The van der Waals surface area contributed by atoms with Crippen molar-refractivity contribution in [2.75, 3.05) is 4.90 Å². The van der Waals surface area contributed by atoms with E-state index < -0.39 is 5.97 Å². The minimum atomic E-state index is -1.26. The van der Waals surface area contributed by atoms with Crippen LogP contribution in [0.5, 0.6) is 0 Å². The Balaban J connectivity index is 1.61. The number of amides is 1. The van der Waals surface area contributed by atoms with Gasteiger partial charge in [-0.05, 0) is 42.0 Å². The lowest BCUT2D eigenvalue weighted by atomic mass is 10.1. The van der Waals surface area contributed by atoms with Crippen molar-refractivity contribution in [3.05, 3.63) is 81.9 Å². The van der Waals surface area contributed by atoms with E-state index in [0.29, 0.717) is 37.0 Å². The summed E-state index contributed by atoms with van der Waals surface area (Å²) in [5, 5.41) is 11.5. The van der Waals surface area contributed by atoms with Gasteiger partial charge in [-0.25, -0.2) is 0 Å². The molecule has 1 fully saturated rings. The molecular weight excluding hydrogens is 430 g/mol. The van der Waals surface area contributed by atoms with E-state index in [-0.39, 0.29) is 11.5 Å². The Kier molecular flexibility index (Phi) is 5.27. The van der Waals surface area contributed by atoms with Crippen LogP contribution in [-0.2, 0) is 4.79 Å². The lowest BCUT2D eigenvalue weighted by molar-refractivity contribution is -0.255. The first-order valence-corrected chi connectivity index (χ1v) is 9.98. The summed E-state index contributed by atoms with van der Waals surface area (Å²) in [6.07, 6.45) is 1.61. The number of carboxylic acids is 1. The number of benzene rings is 2. The van der Waals surface area contributed by atoms with Gasteiger partial charge in [-0.3, -0.25) is 9.69 Å². The Bertz CT molecular complexity index is 1180. The standard InChI is InChI=1S/C21H12ClNO4S2/c22-14-5-2-6-15(10-14)23-19(24)18(29-21(23)28)11-16-7-8-17(27-16)12-3-1-4-13(9-12)20(25)26/h1-11H,(H,25,26)/p-1/b18-11+. The van der Waals surface area contributed by atoms with Crippen LogP contribution in [0.25, 0.3) is 17.4 Å². The molecule has 2 heterocycles. The predicted octanol–water partition coefficient (Wildman–Crippen LogP) is 4.37. The molecule has 0 atom stereocenters. The first kappa shape index (κ1) is 19.4. The first-order chi connectivity index (χ1) is 13.9. The van der Waals surface area contributed by atoms with Gasteiger partial charge in [-0.1, -0.05) is 59.8 Å². The molecule has 0 aliphatic carbocycles. The van der Waals surface area contributed by atoms with Crippen LogP contribution in [0.3, 0.4) is 0 Å². The Morgan fingerprint density at radius 3 is 2.69 bits per heavy atom. The minimum Gasteiger partial charge on any atom is -0.545 e. The van der Waals surface area contributed by atoms with Crippen LogP contribution in [0.1, 0.15) is 16.1 Å². The second-order valence-electron chi connectivity index (χ2n) is 6.07. The fourth-order valence-electron chi connectivity index (χ4n) is 2.82. The van der Waals surface area contributed by atoms with Crippen molar-refractivity contribution < 1.29 is 19.1 Å². The molecule has 1 aromatic heterocycles. The maximum Gasteiger partial charge on any atom is 0.270 e. The summed E-state index contributed by atoms with van der Waals surface area (Å²) in [5.74, 6) is -0.599. The number of halogens is 1. The van der Waals surface area contributed by atoms with E-state index in [1.165, 1.54) is 28.8 Å². The second-order valence-corrected chi connectivity index (χ2v) is 8.18. The van der Waals surface area contributed by atoms with Crippen LogP contribution in [0, 0.1) is 0 Å². The molecule has 4 rings (SSSR count). The molecule has 0 N–H and O–H groups in total. The van der Waals surface area contributed by atoms with Gasteiger partial charge in [0, 0.05) is 16.7 Å². The zero-order chi connectivity index (χ0) is 20.5. The van der Waals surface area contributed by atoms with Gasteiger partial charge in [-0.15, -0.1) is 0 Å². The summed E-state index contributed by atoms with van der Waals surface area (Å²) in [5.41, 5.74) is 1.25. The number of rotatable bonds is 4. The summed E-state index contributed by atoms with van der Waals surface area (Å²) < 4.78 is 6.17. The molecule has 0 saturated carbocycles. The molecule has 0 unspecified atom stereocenters. The lowest BCUT2D eigenvalue weighted by Crippen LogP contribution is -2.27. The van der Waals surface area contributed by atoms with Crippen LogP contribution in [0.2, 0.25) is 5.02 Å². The molecule has 0 bridgehead atoms. The molecule has 5 nitrogen and oxygen atoms in total. The number of carboxylic acid groups (broad SMARTS) is 1. The Labute approximate surface area is 180 Å². The van der Waals surface area contributed by atoms with Gasteiger partial charge in [0.2, 0.25) is 0 Å². The molecule has 3 aromatic rings. The van der Waals surface area contributed by atoms with E-state index >= 15 is 0 Å². The highest BCUT2D eigenvalue weighted by Gasteiger charge is 2.33. The van der Waals surface area contributed by atoms with Crippen LogP contribution in [0.4, 0.5) is 5.69 Å². The zero-order valence-corrected chi connectivity index (χ0v) is 17.0. The lowest BCUT2D eigenvalue weighted by Gasteiger charge is -2.14. The molecule has 0 radical (unpaired) electrons. The number of hydrogen-bond donors (Lipinski definition) is 0. The van der Waals surface area contributed by atoms with Crippen molar-refractivity contribution in [3.63, 3.8) is 0 Å². The van der Waals surface area contributed by atoms with E-state index in [9.17, 15) is 14.7 Å². The molecule has 29 heavy (non-hydrogen) atoms. The van der Waals surface area contributed by atoms with Crippen molar-refractivity contribution in [1.82, 2.24) is 0 Å². The Morgan fingerprint density at radius 1 is 1.14 bits per heavy atom. The van der Waals surface area contributed by atoms with Crippen LogP contribution in [-0.4, -0.2) is 16.2 Å². The number of carbonyl (C=O) groups is 2. The molecule has 0 spiro atoms. The summed E-state index contributed by atoms with van der Waals surface area (Å²) in [6.45, 7) is 0. The summed E-state index contributed by atoms with van der Waals surface area (Å²) >= 11 is 12.5. The number of furan rings is 1. The fourth-order valence-corrected chi connectivity index (χ4v) is 4.28. The van der Waals surface area contributed by atoms with Crippen LogP contribution >= 0.6 is 35.6 Å². The topological polar surface area (TPSA) is 73.6 Å².